The molecule has 2 rings (SSSR count). The van der Waals surface area contributed by atoms with Crippen LogP contribution in [0.1, 0.15) is 24.0 Å². The molecule has 1 aromatic carbocycles. The molecule has 1 aliphatic rings. The van der Waals surface area contributed by atoms with Gasteiger partial charge in [-0.1, -0.05) is 17.9 Å². The Morgan fingerprint density at radius 1 is 1.40 bits per heavy atom. The molecule has 1 saturated heterocycles. The molecular formula is C17H21F3IN3S. The molecule has 1 fully saturated rings. The van der Waals surface area contributed by atoms with Gasteiger partial charge in [0.2, 0.25) is 0 Å². The van der Waals surface area contributed by atoms with E-state index in [0.29, 0.717) is 24.1 Å². The van der Waals surface area contributed by atoms with E-state index in [4.69, 9.17) is 0 Å². The lowest BCUT2D eigenvalue weighted by Gasteiger charge is -2.24. The third kappa shape index (κ3) is 7.77. The first-order valence-electron chi connectivity index (χ1n) is 7.70. The van der Waals surface area contributed by atoms with E-state index in [2.05, 4.69) is 27.5 Å². The van der Waals surface area contributed by atoms with Crippen molar-refractivity contribution in [3.8, 4) is 11.8 Å². The minimum atomic E-state index is -4.35. The van der Waals surface area contributed by atoms with E-state index >= 15 is 0 Å². The van der Waals surface area contributed by atoms with Crippen LogP contribution in [0.15, 0.2) is 29.3 Å². The second kappa shape index (κ2) is 10.8. The van der Waals surface area contributed by atoms with E-state index in [1.54, 1.807) is 13.1 Å². The number of nitrogens with zero attached hydrogens (tertiary/aromatic N) is 1. The quantitative estimate of drug-likeness (QED) is 0.292. The number of guanidine groups is 1. The first-order valence-corrected chi connectivity index (χ1v) is 8.85. The van der Waals surface area contributed by atoms with Gasteiger partial charge in [-0.25, -0.2) is 0 Å². The molecule has 138 valence electrons. The predicted molar refractivity (Wildman–Crippen MR) is 109 cm³/mol. The van der Waals surface area contributed by atoms with Crippen molar-refractivity contribution in [1.82, 2.24) is 10.6 Å². The molecule has 0 radical (unpaired) electrons. The van der Waals surface area contributed by atoms with E-state index in [9.17, 15) is 13.2 Å². The molecule has 1 aromatic rings. The van der Waals surface area contributed by atoms with Crippen molar-refractivity contribution in [2.24, 2.45) is 4.99 Å². The van der Waals surface area contributed by atoms with Crippen LogP contribution < -0.4 is 10.6 Å². The maximum absolute atomic E-state index is 12.6. The summed E-state index contributed by atoms with van der Waals surface area (Å²) in [6.45, 7) is 0.315. The molecule has 1 atom stereocenters. The highest BCUT2D eigenvalue weighted by molar-refractivity contribution is 14.0. The first kappa shape index (κ1) is 22.0. The molecule has 0 spiro atoms. The number of halogens is 4. The van der Waals surface area contributed by atoms with Gasteiger partial charge in [0.15, 0.2) is 5.96 Å². The molecule has 3 nitrogen and oxygen atoms in total. The standard InChI is InChI=1S/C17H20F3N3S.HI/c1-21-16(23-15-8-4-10-24-12-15)22-9-3-6-13-5-2-7-14(11-13)17(18,19)20;/h2,5,7,11,15H,4,8-10,12H2,1H3,(H2,21,22,23);1H. The topological polar surface area (TPSA) is 36.4 Å². The third-order valence-electron chi connectivity index (χ3n) is 3.49. The Bertz CT molecular complexity index is 632. The predicted octanol–water partition coefficient (Wildman–Crippen LogP) is 3.74. The van der Waals surface area contributed by atoms with Crippen molar-refractivity contribution < 1.29 is 13.2 Å². The molecule has 0 amide bonds. The maximum atomic E-state index is 12.6. The van der Waals surface area contributed by atoms with Crippen LogP contribution in [0.2, 0.25) is 0 Å². The molecule has 1 unspecified atom stereocenters. The van der Waals surface area contributed by atoms with Crippen LogP contribution >= 0.6 is 35.7 Å². The summed E-state index contributed by atoms with van der Waals surface area (Å²) in [7, 11) is 1.69. The van der Waals surface area contributed by atoms with Crippen molar-refractivity contribution in [2.75, 3.05) is 25.1 Å². The Labute approximate surface area is 167 Å². The van der Waals surface area contributed by atoms with Gasteiger partial charge in [0, 0.05) is 24.4 Å². The van der Waals surface area contributed by atoms with Crippen LogP contribution in [0.3, 0.4) is 0 Å². The number of nitrogens with one attached hydrogen (secondary N) is 2. The first-order chi connectivity index (χ1) is 11.5. The number of aliphatic imine (C=N–C) groups is 1. The normalized spacial score (nSPS) is 17.8. The molecule has 1 aliphatic heterocycles. The highest BCUT2D eigenvalue weighted by Crippen LogP contribution is 2.29. The molecule has 0 aromatic heterocycles. The van der Waals surface area contributed by atoms with Gasteiger partial charge in [-0.3, -0.25) is 4.99 Å². The van der Waals surface area contributed by atoms with Gasteiger partial charge in [0.1, 0.15) is 0 Å². The number of alkyl halides is 3. The molecule has 1 heterocycles. The lowest BCUT2D eigenvalue weighted by atomic mass is 10.1. The minimum absolute atomic E-state index is 0. The Morgan fingerprint density at radius 3 is 2.84 bits per heavy atom. The Balaban J connectivity index is 0.00000312. The summed E-state index contributed by atoms with van der Waals surface area (Å²) >= 11 is 1.92. The summed E-state index contributed by atoms with van der Waals surface area (Å²) in [5.41, 5.74) is -0.340. The van der Waals surface area contributed by atoms with E-state index in [0.717, 1.165) is 24.3 Å². The highest BCUT2D eigenvalue weighted by atomic mass is 127. The van der Waals surface area contributed by atoms with Crippen LogP contribution in [0.4, 0.5) is 13.2 Å². The monoisotopic (exact) mass is 483 g/mol. The van der Waals surface area contributed by atoms with E-state index in [1.165, 1.54) is 18.2 Å². The molecule has 0 aliphatic carbocycles. The fourth-order valence-corrected chi connectivity index (χ4v) is 3.36. The van der Waals surface area contributed by atoms with Gasteiger partial charge in [-0.05, 0) is 36.8 Å². The lowest BCUT2D eigenvalue weighted by Crippen LogP contribution is -2.45. The zero-order valence-electron chi connectivity index (χ0n) is 13.8. The van der Waals surface area contributed by atoms with Crippen molar-refractivity contribution >= 4 is 41.7 Å². The summed E-state index contributed by atoms with van der Waals surface area (Å²) in [5.74, 6) is 8.49. The largest absolute Gasteiger partial charge is 0.416 e. The van der Waals surface area contributed by atoms with Crippen LogP contribution in [0.25, 0.3) is 0 Å². The average Bonchev–Trinajstić information content (AvgIpc) is 2.58. The maximum Gasteiger partial charge on any atom is 0.416 e. The van der Waals surface area contributed by atoms with Crippen LogP contribution in [0, 0.1) is 11.8 Å². The van der Waals surface area contributed by atoms with E-state index in [-0.39, 0.29) is 24.0 Å². The molecular weight excluding hydrogens is 462 g/mol. The molecule has 2 N–H and O–H groups in total. The molecule has 0 bridgehead atoms. The van der Waals surface area contributed by atoms with E-state index < -0.39 is 11.7 Å². The number of hydrogen-bond donors (Lipinski definition) is 2. The van der Waals surface area contributed by atoms with Crippen molar-refractivity contribution in [3.05, 3.63) is 35.4 Å². The van der Waals surface area contributed by atoms with Crippen LogP contribution in [0.5, 0.6) is 0 Å². The zero-order chi connectivity index (χ0) is 17.4. The lowest BCUT2D eigenvalue weighted by molar-refractivity contribution is -0.137. The second-order valence-electron chi connectivity index (χ2n) is 5.36. The van der Waals surface area contributed by atoms with Gasteiger partial charge in [-0.2, -0.15) is 24.9 Å². The van der Waals surface area contributed by atoms with Crippen molar-refractivity contribution in [3.63, 3.8) is 0 Å². The summed E-state index contributed by atoms with van der Waals surface area (Å²) in [4.78, 5) is 4.14. The highest BCUT2D eigenvalue weighted by Gasteiger charge is 2.30. The summed E-state index contributed by atoms with van der Waals surface area (Å²) in [6, 6.07) is 5.42. The van der Waals surface area contributed by atoms with Crippen LogP contribution in [-0.4, -0.2) is 37.1 Å². The number of hydrogen-bond acceptors (Lipinski definition) is 2. The zero-order valence-corrected chi connectivity index (χ0v) is 17.0. The average molecular weight is 483 g/mol. The molecule has 25 heavy (non-hydrogen) atoms. The van der Waals surface area contributed by atoms with Crippen LogP contribution in [-0.2, 0) is 6.18 Å². The SMILES string of the molecule is CN=C(NCC#Cc1cccc(C(F)(F)F)c1)NC1CCCSC1.I. The fraction of sp³-hybridized carbons (Fsp3) is 0.471. The number of thioether (sulfide) groups is 1. The number of benzene rings is 1. The van der Waals surface area contributed by atoms with Gasteiger partial charge >= 0.3 is 6.18 Å². The Hall–Kier alpha value is -1.08. The van der Waals surface area contributed by atoms with Gasteiger partial charge in [-0.15, -0.1) is 24.0 Å². The van der Waals surface area contributed by atoms with Gasteiger partial charge in [0.25, 0.3) is 0 Å². The molecule has 0 saturated carbocycles. The van der Waals surface area contributed by atoms with Gasteiger partial charge < -0.3 is 10.6 Å². The van der Waals surface area contributed by atoms with Crippen molar-refractivity contribution in [1.29, 1.82) is 0 Å². The fourth-order valence-electron chi connectivity index (χ4n) is 2.29. The Morgan fingerprint density at radius 2 is 2.20 bits per heavy atom. The smallest absolute Gasteiger partial charge is 0.353 e. The summed E-state index contributed by atoms with van der Waals surface area (Å²) in [6.07, 6.45) is -2.04. The summed E-state index contributed by atoms with van der Waals surface area (Å²) in [5, 5.41) is 6.40. The van der Waals surface area contributed by atoms with Gasteiger partial charge in [0.05, 0.1) is 12.1 Å². The second-order valence-corrected chi connectivity index (χ2v) is 6.51. The number of rotatable bonds is 2. The Kier molecular flexibility index (Phi) is 9.50. The minimum Gasteiger partial charge on any atom is -0.353 e. The van der Waals surface area contributed by atoms with Crippen molar-refractivity contribution in [2.45, 2.75) is 25.1 Å². The third-order valence-corrected chi connectivity index (χ3v) is 4.71. The molecule has 8 heteroatoms. The summed E-state index contributed by atoms with van der Waals surface area (Å²) < 4.78 is 37.9. The van der Waals surface area contributed by atoms with E-state index in [1.807, 2.05) is 11.8 Å².